The molecule has 10 heteroatoms. The van der Waals surface area contributed by atoms with Crippen LogP contribution in [0.3, 0.4) is 0 Å². The van der Waals surface area contributed by atoms with E-state index in [0.717, 1.165) is 20.3 Å². The number of hydrogen-bond donors (Lipinski definition) is 1. The summed E-state index contributed by atoms with van der Waals surface area (Å²) in [6, 6.07) is 19.5. The first-order valence-corrected chi connectivity index (χ1v) is 11.6. The second-order valence-electron chi connectivity index (χ2n) is 8.05. The van der Waals surface area contributed by atoms with Crippen molar-refractivity contribution in [1.29, 1.82) is 0 Å². The maximum atomic E-state index is 13.3. The van der Waals surface area contributed by atoms with Gasteiger partial charge >= 0.3 is 6.03 Å². The number of nitro benzene ring substituents is 1. The molecule has 4 amide bonds. The normalized spacial score (nSPS) is 15.0. The van der Waals surface area contributed by atoms with Crippen LogP contribution in [0.15, 0.2) is 89.0 Å². The first kappa shape index (κ1) is 23.2. The van der Waals surface area contributed by atoms with Crippen molar-refractivity contribution in [2.45, 2.75) is 6.54 Å². The van der Waals surface area contributed by atoms with Crippen LogP contribution in [0.25, 0.3) is 17.0 Å². The van der Waals surface area contributed by atoms with Gasteiger partial charge in [0.05, 0.1) is 17.2 Å². The van der Waals surface area contributed by atoms with Crippen LogP contribution in [0.1, 0.15) is 11.1 Å². The first-order valence-electron chi connectivity index (χ1n) is 10.8. The Morgan fingerprint density at radius 3 is 2.39 bits per heavy atom. The topological polar surface area (TPSA) is 115 Å². The highest BCUT2D eigenvalue weighted by Crippen LogP contribution is 2.29. The third-order valence-electron chi connectivity index (χ3n) is 5.83. The van der Waals surface area contributed by atoms with E-state index in [-0.39, 0.29) is 17.8 Å². The molecule has 1 aliphatic heterocycles. The maximum Gasteiger partial charge on any atom is 0.335 e. The Bertz CT molecular complexity index is 1590. The minimum Gasteiger partial charge on any atom is -0.342 e. The van der Waals surface area contributed by atoms with Crippen molar-refractivity contribution >= 4 is 62.1 Å². The summed E-state index contributed by atoms with van der Waals surface area (Å²) >= 11 is 3.32. The Morgan fingerprint density at radius 1 is 0.944 bits per heavy atom. The first-order chi connectivity index (χ1) is 17.3. The summed E-state index contributed by atoms with van der Waals surface area (Å²) in [5.74, 6) is -1.55. The Kier molecular flexibility index (Phi) is 5.95. The number of aromatic nitrogens is 1. The summed E-state index contributed by atoms with van der Waals surface area (Å²) in [4.78, 5) is 50.4. The average molecular weight is 545 g/mol. The number of imide groups is 2. The van der Waals surface area contributed by atoms with Crippen molar-refractivity contribution in [2.75, 3.05) is 4.90 Å². The number of amides is 4. The maximum absolute atomic E-state index is 13.3. The van der Waals surface area contributed by atoms with Crippen molar-refractivity contribution in [2.24, 2.45) is 0 Å². The quantitative estimate of drug-likeness (QED) is 0.164. The van der Waals surface area contributed by atoms with E-state index in [1.807, 2.05) is 28.8 Å². The van der Waals surface area contributed by atoms with Gasteiger partial charge in [-0.15, -0.1) is 0 Å². The van der Waals surface area contributed by atoms with Crippen molar-refractivity contribution in [1.82, 2.24) is 9.88 Å². The summed E-state index contributed by atoms with van der Waals surface area (Å²) < 4.78 is 2.60. The lowest BCUT2D eigenvalue weighted by atomic mass is 10.1. The number of carbonyl (C=O) groups is 3. The van der Waals surface area contributed by atoms with E-state index in [2.05, 4.69) is 21.2 Å². The molecule has 0 saturated carbocycles. The molecule has 0 spiro atoms. The SMILES string of the molecule is O=C1NC(=O)N(c2ccc(Br)cc2)C(=O)/C1=C\c1cn(Cc2ccccc2[N+](=O)[O-])c2ccccc12. The number of nitrogens with zero attached hydrogens (tertiary/aromatic N) is 3. The number of halogens is 1. The molecule has 4 aromatic rings. The summed E-state index contributed by atoms with van der Waals surface area (Å²) in [5, 5.41) is 14.4. The van der Waals surface area contributed by atoms with Gasteiger partial charge in [0.2, 0.25) is 0 Å². The van der Waals surface area contributed by atoms with Gasteiger partial charge in [0, 0.05) is 38.8 Å². The predicted octanol–water partition coefficient (Wildman–Crippen LogP) is 5.03. The fraction of sp³-hybridized carbons (Fsp3) is 0.0385. The minimum absolute atomic E-state index is 0.000624. The Hall–Kier alpha value is -4.57. The highest BCUT2D eigenvalue weighted by molar-refractivity contribution is 9.10. The third kappa shape index (κ3) is 4.18. The largest absolute Gasteiger partial charge is 0.342 e. The van der Waals surface area contributed by atoms with Crippen molar-refractivity contribution in [3.8, 4) is 0 Å². The van der Waals surface area contributed by atoms with E-state index < -0.39 is 22.8 Å². The van der Waals surface area contributed by atoms with Gasteiger partial charge in [-0.2, -0.15) is 0 Å². The van der Waals surface area contributed by atoms with Crippen molar-refractivity contribution < 1.29 is 19.3 Å². The van der Waals surface area contributed by atoms with Gasteiger partial charge in [-0.05, 0) is 36.4 Å². The molecule has 1 aromatic heterocycles. The molecule has 1 aliphatic rings. The fourth-order valence-corrected chi connectivity index (χ4v) is 4.43. The number of nitro groups is 1. The van der Waals surface area contributed by atoms with Gasteiger partial charge < -0.3 is 4.57 Å². The predicted molar refractivity (Wildman–Crippen MR) is 137 cm³/mol. The van der Waals surface area contributed by atoms with Crippen LogP contribution < -0.4 is 10.2 Å². The van der Waals surface area contributed by atoms with E-state index in [1.165, 1.54) is 12.1 Å². The van der Waals surface area contributed by atoms with Gasteiger partial charge in [0.25, 0.3) is 17.5 Å². The Balaban J connectivity index is 1.58. The van der Waals surface area contributed by atoms with Gasteiger partial charge in [-0.25, -0.2) is 9.69 Å². The van der Waals surface area contributed by atoms with Gasteiger partial charge in [0.15, 0.2) is 0 Å². The minimum atomic E-state index is -0.830. The van der Waals surface area contributed by atoms with Crippen LogP contribution >= 0.6 is 15.9 Å². The molecule has 1 N–H and O–H groups in total. The average Bonchev–Trinajstić information content (AvgIpc) is 3.20. The van der Waals surface area contributed by atoms with Crippen LogP contribution in [0, 0.1) is 10.1 Å². The molecule has 2 heterocycles. The summed E-state index contributed by atoms with van der Waals surface area (Å²) in [7, 11) is 0. The highest BCUT2D eigenvalue weighted by Gasteiger charge is 2.37. The monoisotopic (exact) mass is 544 g/mol. The lowest BCUT2D eigenvalue weighted by molar-refractivity contribution is -0.385. The second-order valence-corrected chi connectivity index (χ2v) is 8.97. The molecule has 0 radical (unpaired) electrons. The van der Waals surface area contributed by atoms with E-state index >= 15 is 0 Å². The number of barbiturate groups is 1. The smallest absolute Gasteiger partial charge is 0.335 e. The standard InChI is InChI=1S/C26H17BrN4O5/c27-18-9-11-19(12-10-18)30-25(33)21(24(32)28-26(30)34)13-17-15-29(23-8-4-2-6-20(17)23)14-16-5-1-3-7-22(16)31(35)36/h1-13,15H,14H2,(H,28,32,34)/b21-13-. The highest BCUT2D eigenvalue weighted by atomic mass is 79.9. The molecule has 36 heavy (non-hydrogen) atoms. The lowest BCUT2D eigenvalue weighted by Gasteiger charge is -2.26. The number of carbonyl (C=O) groups excluding carboxylic acids is 3. The molecular formula is C26H17BrN4O5. The number of benzene rings is 3. The van der Waals surface area contributed by atoms with Crippen LogP contribution in [0.2, 0.25) is 0 Å². The zero-order valence-electron chi connectivity index (χ0n) is 18.6. The van der Waals surface area contributed by atoms with E-state index in [0.29, 0.717) is 16.8 Å². The molecule has 178 valence electrons. The molecule has 1 saturated heterocycles. The van der Waals surface area contributed by atoms with E-state index in [9.17, 15) is 24.5 Å². The van der Waals surface area contributed by atoms with Crippen molar-refractivity contribution in [3.63, 3.8) is 0 Å². The lowest BCUT2D eigenvalue weighted by Crippen LogP contribution is -2.54. The zero-order chi connectivity index (χ0) is 25.4. The van der Waals surface area contributed by atoms with Gasteiger partial charge in [0.1, 0.15) is 5.57 Å². The molecule has 1 fully saturated rings. The number of rotatable bonds is 5. The molecular weight excluding hydrogens is 528 g/mol. The van der Waals surface area contributed by atoms with Crippen LogP contribution in [-0.4, -0.2) is 27.3 Å². The van der Waals surface area contributed by atoms with Gasteiger partial charge in [-0.3, -0.25) is 25.0 Å². The van der Waals surface area contributed by atoms with Crippen LogP contribution in [0.4, 0.5) is 16.2 Å². The number of nitrogens with one attached hydrogen (secondary N) is 1. The van der Waals surface area contributed by atoms with Crippen LogP contribution in [0.5, 0.6) is 0 Å². The number of anilines is 1. The zero-order valence-corrected chi connectivity index (χ0v) is 20.1. The number of fused-ring (bicyclic) bond motifs is 1. The summed E-state index contributed by atoms with van der Waals surface area (Å²) in [5.41, 5.74) is 1.96. The summed E-state index contributed by atoms with van der Waals surface area (Å²) in [6.45, 7) is 0.213. The van der Waals surface area contributed by atoms with Crippen LogP contribution in [-0.2, 0) is 16.1 Å². The molecule has 3 aromatic carbocycles. The molecule has 5 rings (SSSR count). The van der Waals surface area contributed by atoms with E-state index in [4.69, 9.17) is 0 Å². The van der Waals surface area contributed by atoms with Crippen molar-refractivity contribution in [3.05, 3.63) is 110 Å². The molecule has 0 bridgehead atoms. The molecule has 0 unspecified atom stereocenters. The number of urea groups is 1. The third-order valence-corrected chi connectivity index (χ3v) is 6.36. The molecule has 0 aliphatic carbocycles. The molecule has 0 atom stereocenters. The second kappa shape index (κ2) is 9.23. The van der Waals surface area contributed by atoms with E-state index in [1.54, 1.807) is 48.7 Å². The number of para-hydroxylation sites is 2. The van der Waals surface area contributed by atoms with Gasteiger partial charge in [-0.1, -0.05) is 52.3 Å². The Labute approximate surface area is 212 Å². The number of hydrogen-bond acceptors (Lipinski definition) is 5. The fourth-order valence-electron chi connectivity index (χ4n) is 4.16. The Morgan fingerprint density at radius 2 is 1.64 bits per heavy atom. The summed E-state index contributed by atoms with van der Waals surface area (Å²) in [6.07, 6.45) is 3.17. The molecule has 9 nitrogen and oxygen atoms in total.